The van der Waals surface area contributed by atoms with Crippen molar-refractivity contribution in [3.05, 3.63) is 119 Å². The fourth-order valence-electron chi connectivity index (χ4n) is 3.40. The van der Waals surface area contributed by atoms with E-state index in [-0.39, 0.29) is 17.8 Å². The molecule has 0 bridgehead atoms. The van der Waals surface area contributed by atoms with Crippen LogP contribution in [-0.4, -0.2) is 27.8 Å². The van der Waals surface area contributed by atoms with Crippen LogP contribution in [0.25, 0.3) is 11.1 Å². The number of hydrogen-bond donors (Lipinski definition) is 1. The number of carbonyl (C=O) groups is 2. The molecule has 7 heteroatoms. The number of hydrogen-bond acceptors (Lipinski definition) is 5. The molecule has 4 rings (SSSR count). The third kappa shape index (κ3) is 5.45. The van der Waals surface area contributed by atoms with Crippen LogP contribution in [0.3, 0.4) is 0 Å². The van der Waals surface area contributed by atoms with Gasteiger partial charge in [0.1, 0.15) is 0 Å². The van der Waals surface area contributed by atoms with Crippen LogP contribution < -0.4 is 10.9 Å². The maximum atomic E-state index is 12.8. The molecule has 1 aromatic heterocycles. The molecule has 0 aliphatic heterocycles. The Bertz CT molecular complexity index is 1350. The number of nitrogens with zero attached hydrogens (tertiary/aromatic N) is 2. The predicted octanol–water partition coefficient (Wildman–Crippen LogP) is 4.14. The van der Waals surface area contributed by atoms with Crippen LogP contribution in [0, 0.1) is 0 Å². The summed E-state index contributed by atoms with van der Waals surface area (Å²) in [5, 5.41) is 6.94. The number of anilines is 1. The third-order valence-electron chi connectivity index (χ3n) is 5.17. The van der Waals surface area contributed by atoms with Crippen LogP contribution in [0.2, 0.25) is 0 Å². The van der Waals surface area contributed by atoms with Crippen molar-refractivity contribution in [2.75, 3.05) is 5.32 Å². The number of aromatic nitrogens is 2. The summed E-state index contributed by atoms with van der Waals surface area (Å²) >= 11 is 0. The number of esters is 1. The van der Waals surface area contributed by atoms with Gasteiger partial charge in [-0.2, -0.15) is 5.10 Å². The first kappa shape index (κ1) is 22.7. The van der Waals surface area contributed by atoms with Crippen LogP contribution in [0.5, 0.6) is 0 Å². The van der Waals surface area contributed by atoms with Crippen LogP contribution in [0.4, 0.5) is 5.69 Å². The van der Waals surface area contributed by atoms with E-state index in [0.717, 1.165) is 16.7 Å². The highest BCUT2D eigenvalue weighted by molar-refractivity contribution is 5.99. The summed E-state index contributed by atoms with van der Waals surface area (Å²) in [5.74, 6) is -1.27. The average molecular weight is 453 g/mol. The third-order valence-corrected chi connectivity index (χ3v) is 5.17. The van der Waals surface area contributed by atoms with Crippen LogP contribution in [-0.2, 0) is 16.1 Å². The Morgan fingerprint density at radius 1 is 0.882 bits per heavy atom. The van der Waals surface area contributed by atoms with E-state index in [1.54, 1.807) is 6.07 Å². The second-order valence-electron chi connectivity index (χ2n) is 7.65. The standard InChI is InChI=1S/C27H23N3O4/c1-19(26(32)28-23-15-9-8-14-22(23)21-12-6-3-7-13-21)34-27(33)24-16-17-25(31)30(29-24)18-20-10-4-2-5-11-20/h2-17,19H,18H2,1H3,(H,28,32). The molecule has 34 heavy (non-hydrogen) atoms. The fraction of sp³-hybridized carbons (Fsp3) is 0.111. The first-order valence-electron chi connectivity index (χ1n) is 10.8. The van der Waals surface area contributed by atoms with E-state index in [0.29, 0.717) is 5.69 Å². The number of para-hydroxylation sites is 1. The molecular formula is C27H23N3O4. The first-order valence-corrected chi connectivity index (χ1v) is 10.8. The number of amides is 1. The van der Waals surface area contributed by atoms with Gasteiger partial charge in [-0.15, -0.1) is 0 Å². The van der Waals surface area contributed by atoms with Crippen molar-refractivity contribution in [3.63, 3.8) is 0 Å². The molecule has 1 amide bonds. The van der Waals surface area contributed by atoms with Crippen LogP contribution in [0.1, 0.15) is 23.0 Å². The summed E-state index contributed by atoms with van der Waals surface area (Å²) in [7, 11) is 0. The Labute approximate surface area is 196 Å². The minimum Gasteiger partial charge on any atom is -0.448 e. The van der Waals surface area contributed by atoms with Gasteiger partial charge in [0, 0.05) is 17.3 Å². The Morgan fingerprint density at radius 3 is 2.26 bits per heavy atom. The van der Waals surface area contributed by atoms with Crippen molar-refractivity contribution in [3.8, 4) is 11.1 Å². The normalized spacial score (nSPS) is 11.4. The summed E-state index contributed by atoms with van der Waals surface area (Å²) in [5.41, 5.74) is 2.88. The van der Waals surface area contributed by atoms with Gasteiger partial charge in [-0.3, -0.25) is 9.59 Å². The lowest BCUT2D eigenvalue weighted by molar-refractivity contribution is -0.123. The van der Waals surface area contributed by atoms with Gasteiger partial charge in [-0.25, -0.2) is 9.48 Å². The molecule has 1 N–H and O–H groups in total. The lowest BCUT2D eigenvalue weighted by Crippen LogP contribution is -2.31. The number of carbonyl (C=O) groups excluding carboxylic acids is 2. The van der Waals surface area contributed by atoms with Crippen LogP contribution in [0.15, 0.2) is 102 Å². The molecule has 4 aromatic rings. The highest BCUT2D eigenvalue weighted by Crippen LogP contribution is 2.27. The first-order chi connectivity index (χ1) is 16.5. The molecule has 1 heterocycles. The van der Waals surface area contributed by atoms with Gasteiger partial charge in [0.2, 0.25) is 0 Å². The van der Waals surface area contributed by atoms with Gasteiger partial charge < -0.3 is 10.1 Å². The molecule has 1 atom stereocenters. The number of ether oxygens (including phenoxy) is 1. The summed E-state index contributed by atoms with van der Waals surface area (Å²) in [6.07, 6.45) is -1.08. The highest BCUT2D eigenvalue weighted by atomic mass is 16.5. The summed E-state index contributed by atoms with van der Waals surface area (Å²) in [4.78, 5) is 37.6. The quantitative estimate of drug-likeness (QED) is 0.425. The van der Waals surface area contributed by atoms with Gasteiger partial charge in [0.25, 0.3) is 11.5 Å². The second kappa shape index (κ2) is 10.4. The molecular weight excluding hydrogens is 430 g/mol. The van der Waals surface area contributed by atoms with Gasteiger partial charge in [0.15, 0.2) is 11.8 Å². The van der Waals surface area contributed by atoms with Crippen molar-refractivity contribution >= 4 is 17.6 Å². The van der Waals surface area contributed by atoms with E-state index in [2.05, 4.69) is 10.4 Å². The van der Waals surface area contributed by atoms with Gasteiger partial charge >= 0.3 is 5.97 Å². The average Bonchev–Trinajstić information content (AvgIpc) is 2.86. The monoisotopic (exact) mass is 453 g/mol. The largest absolute Gasteiger partial charge is 0.448 e. The Morgan fingerprint density at radius 2 is 1.53 bits per heavy atom. The van der Waals surface area contributed by atoms with Crippen molar-refractivity contribution in [1.29, 1.82) is 0 Å². The minimum absolute atomic E-state index is 0.0557. The zero-order valence-electron chi connectivity index (χ0n) is 18.5. The van der Waals surface area contributed by atoms with Crippen molar-refractivity contribution in [1.82, 2.24) is 9.78 Å². The molecule has 3 aromatic carbocycles. The van der Waals surface area contributed by atoms with Gasteiger partial charge in [-0.1, -0.05) is 78.9 Å². The van der Waals surface area contributed by atoms with Crippen molar-refractivity contribution in [2.45, 2.75) is 19.6 Å². The number of benzene rings is 3. The van der Waals surface area contributed by atoms with Gasteiger partial charge in [-0.05, 0) is 30.2 Å². The zero-order valence-corrected chi connectivity index (χ0v) is 18.5. The highest BCUT2D eigenvalue weighted by Gasteiger charge is 2.21. The lowest BCUT2D eigenvalue weighted by Gasteiger charge is -2.16. The van der Waals surface area contributed by atoms with Crippen molar-refractivity contribution in [2.24, 2.45) is 0 Å². The Balaban J connectivity index is 1.45. The topological polar surface area (TPSA) is 90.3 Å². The predicted molar refractivity (Wildman–Crippen MR) is 129 cm³/mol. The number of rotatable bonds is 7. The maximum absolute atomic E-state index is 12.8. The molecule has 1 unspecified atom stereocenters. The zero-order chi connectivity index (χ0) is 23.9. The molecule has 0 spiro atoms. The molecule has 0 saturated carbocycles. The molecule has 0 saturated heterocycles. The summed E-state index contributed by atoms with van der Waals surface area (Å²) in [6.45, 7) is 1.70. The number of nitrogens with one attached hydrogen (secondary N) is 1. The molecule has 170 valence electrons. The summed E-state index contributed by atoms with van der Waals surface area (Å²) < 4.78 is 6.52. The molecule has 0 aliphatic carbocycles. The van der Waals surface area contributed by atoms with Crippen LogP contribution >= 0.6 is 0 Å². The Kier molecular flexibility index (Phi) is 6.93. The van der Waals surface area contributed by atoms with E-state index >= 15 is 0 Å². The Hall–Kier alpha value is -4.52. The molecule has 7 nitrogen and oxygen atoms in total. The van der Waals surface area contributed by atoms with E-state index in [1.807, 2.05) is 78.9 Å². The molecule has 0 aliphatic rings. The second-order valence-corrected chi connectivity index (χ2v) is 7.65. The van der Waals surface area contributed by atoms with Gasteiger partial charge in [0.05, 0.1) is 6.54 Å². The fourth-order valence-corrected chi connectivity index (χ4v) is 3.40. The van der Waals surface area contributed by atoms with E-state index < -0.39 is 18.0 Å². The molecule has 0 radical (unpaired) electrons. The molecule has 0 fully saturated rings. The summed E-state index contributed by atoms with van der Waals surface area (Å²) in [6, 6.07) is 28.9. The minimum atomic E-state index is -1.08. The van der Waals surface area contributed by atoms with E-state index in [4.69, 9.17) is 4.74 Å². The maximum Gasteiger partial charge on any atom is 0.359 e. The lowest BCUT2D eigenvalue weighted by atomic mass is 10.0. The SMILES string of the molecule is CC(OC(=O)c1ccc(=O)n(Cc2ccccc2)n1)C(=O)Nc1ccccc1-c1ccccc1. The van der Waals surface area contributed by atoms with E-state index in [9.17, 15) is 14.4 Å². The van der Waals surface area contributed by atoms with E-state index in [1.165, 1.54) is 23.7 Å². The van der Waals surface area contributed by atoms with Crippen molar-refractivity contribution < 1.29 is 14.3 Å². The smallest absolute Gasteiger partial charge is 0.359 e.